The zero-order valence-corrected chi connectivity index (χ0v) is 12.6. The van der Waals surface area contributed by atoms with E-state index in [2.05, 4.69) is 26.6 Å². The van der Waals surface area contributed by atoms with Gasteiger partial charge in [-0.05, 0) is 20.0 Å². The molecule has 0 spiro atoms. The van der Waals surface area contributed by atoms with E-state index in [4.69, 9.17) is 5.11 Å². The summed E-state index contributed by atoms with van der Waals surface area (Å²) in [5, 5.41) is 8.99. The van der Waals surface area contributed by atoms with Gasteiger partial charge in [0.15, 0.2) is 0 Å². The zero-order chi connectivity index (χ0) is 14.4. The highest BCUT2D eigenvalue weighted by Crippen LogP contribution is 2.04. The van der Waals surface area contributed by atoms with E-state index in [9.17, 15) is 4.79 Å². The number of hydrogen-bond acceptors (Lipinski definition) is 5. The van der Waals surface area contributed by atoms with E-state index < -0.39 is 5.97 Å². The smallest absolute Gasteiger partial charge is 0.317 e. The van der Waals surface area contributed by atoms with Gasteiger partial charge in [-0.25, -0.2) is 0 Å². The monoisotopic (exact) mass is 284 g/mol. The van der Waals surface area contributed by atoms with Crippen LogP contribution in [-0.4, -0.2) is 110 Å². The van der Waals surface area contributed by atoms with Crippen LogP contribution in [0.5, 0.6) is 0 Å². The van der Waals surface area contributed by atoms with Gasteiger partial charge in [0.2, 0.25) is 0 Å². The number of fused-ring (bicyclic) bond motifs is 3. The van der Waals surface area contributed by atoms with Crippen LogP contribution >= 0.6 is 0 Å². The standard InChI is InChI=1S/C14H28N4O2/c1-15-5-7-16-3-2-4-18(13-14(19)20)12-11-17(8-6-15)10-9-16/h2-13H2,1H3,(H,19,20). The second-order valence-electron chi connectivity index (χ2n) is 6.01. The minimum absolute atomic E-state index is 0.174. The van der Waals surface area contributed by atoms with Crippen LogP contribution in [0.3, 0.4) is 0 Å². The van der Waals surface area contributed by atoms with E-state index in [0.29, 0.717) is 0 Å². The average molecular weight is 284 g/mol. The van der Waals surface area contributed by atoms with E-state index in [1.807, 2.05) is 0 Å². The Bertz CT molecular complexity index is 314. The molecule has 6 heteroatoms. The summed E-state index contributed by atoms with van der Waals surface area (Å²) in [7, 11) is 2.19. The van der Waals surface area contributed by atoms with E-state index in [-0.39, 0.29) is 6.54 Å². The number of carbonyl (C=O) groups is 1. The molecule has 0 aliphatic carbocycles. The number of carboxylic acids is 1. The highest BCUT2D eigenvalue weighted by atomic mass is 16.4. The van der Waals surface area contributed by atoms with Crippen molar-refractivity contribution in [3.63, 3.8) is 0 Å². The molecule has 2 bridgehead atoms. The molecule has 2 atom stereocenters. The molecule has 0 saturated carbocycles. The van der Waals surface area contributed by atoms with Crippen LogP contribution in [0.25, 0.3) is 0 Å². The van der Waals surface area contributed by atoms with Crippen LogP contribution in [0.4, 0.5) is 0 Å². The van der Waals surface area contributed by atoms with Crippen molar-refractivity contribution in [2.75, 3.05) is 79.0 Å². The fraction of sp³-hybridized carbons (Fsp3) is 0.929. The van der Waals surface area contributed by atoms with E-state index in [1.54, 1.807) is 0 Å². The highest BCUT2D eigenvalue weighted by molar-refractivity contribution is 5.69. The van der Waals surface area contributed by atoms with Gasteiger partial charge >= 0.3 is 5.97 Å². The molecule has 116 valence electrons. The molecular formula is C14H28N4O2. The van der Waals surface area contributed by atoms with Crippen LogP contribution in [-0.2, 0) is 4.79 Å². The second kappa shape index (κ2) is 7.93. The molecule has 0 amide bonds. The Hall–Kier alpha value is -0.690. The lowest BCUT2D eigenvalue weighted by Gasteiger charge is -2.31. The van der Waals surface area contributed by atoms with Crippen LogP contribution in [0.15, 0.2) is 0 Å². The first-order chi connectivity index (χ1) is 9.63. The summed E-state index contributed by atoms with van der Waals surface area (Å²) in [5.41, 5.74) is 0. The van der Waals surface area contributed by atoms with Gasteiger partial charge in [-0.3, -0.25) is 14.6 Å². The quantitative estimate of drug-likeness (QED) is 0.725. The summed E-state index contributed by atoms with van der Waals surface area (Å²) < 4.78 is 0. The Balaban J connectivity index is 1.97. The van der Waals surface area contributed by atoms with Crippen molar-refractivity contribution in [1.82, 2.24) is 19.6 Å². The van der Waals surface area contributed by atoms with E-state index in [1.165, 1.54) is 0 Å². The van der Waals surface area contributed by atoms with E-state index in [0.717, 1.165) is 71.9 Å². The van der Waals surface area contributed by atoms with Gasteiger partial charge in [0.05, 0.1) is 6.54 Å². The largest absolute Gasteiger partial charge is 0.480 e. The van der Waals surface area contributed by atoms with Crippen molar-refractivity contribution in [3.8, 4) is 0 Å². The maximum atomic E-state index is 10.9. The van der Waals surface area contributed by atoms with E-state index >= 15 is 0 Å². The maximum Gasteiger partial charge on any atom is 0.317 e. The molecule has 2 unspecified atom stereocenters. The Labute approximate surface area is 121 Å². The first-order valence-electron chi connectivity index (χ1n) is 7.71. The number of rotatable bonds is 2. The second-order valence-corrected chi connectivity index (χ2v) is 6.01. The summed E-state index contributed by atoms with van der Waals surface area (Å²) in [4.78, 5) is 20.4. The van der Waals surface area contributed by atoms with Crippen LogP contribution in [0.2, 0.25) is 0 Å². The highest BCUT2D eigenvalue weighted by Gasteiger charge is 2.18. The summed E-state index contributed by atoms with van der Waals surface area (Å²) in [6.07, 6.45) is 1.07. The molecule has 0 aromatic heterocycles. The Morgan fingerprint density at radius 3 is 2.05 bits per heavy atom. The van der Waals surface area contributed by atoms with Crippen LogP contribution in [0.1, 0.15) is 6.42 Å². The topological polar surface area (TPSA) is 50.3 Å². The van der Waals surface area contributed by atoms with Crippen LogP contribution in [0, 0.1) is 0 Å². The fourth-order valence-corrected chi connectivity index (χ4v) is 2.95. The average Bonchev–Trinajstić information content (AvgIpc) is 2.49. The summed E-state index contributed by atoms with van der Waals surface area (Å²) >= 11 is 0. The molecule has 0 aromatic rings. The van der Waals surface area contributed by atoms with Crippen molar-refractivity contribution < 1.29 is 9.90 Å². The van der Waals surface area contributed by atoms with Crippen molar-refractivity contribution in [1.29, 1.82) is 0 Å². The molecule has 6 nitrogen and oxygen atoms in total. The molecule has 2 heterocycles. The third-order valence-corrected chi connectivity index (χ3v) is 4.37. The molecule has 20 heavy (non-hydrogen) atoms. The van der Waals surface area contributed by atoms with Gasteiger partial charge in [-0.1, -0.05) is 0 Å². The first-order valence-corrected chi connectivity index (χ1v) is 7.71. The molecule has 2 saturated heterocycles. The van der Waals surface area contributed by atoms with Crippen molar-refractivity contribution in [2.45, 2.75) is 6.42 Å². The predicted molar refractivity (Wildman–Crippen MR) is 79.1 cm³/mol. The van der Waals surface area contributed by atoms with Crippen molar-refractivity contribution in [2.24, 2.45) is 0 Å². The van der Waals surface area contributed by atoms with Gasteiger partial charge in [0.1, 0.15) is 0 Å². The zero-order valence-electron chi connectivity index (χ0n) is 12.6. The Morgan fingerprint density at radius 1 is 0.850 bits per heavy atom. The molecule has 2 aliphatic rings. The summed E-state index contributed by atoms with van der Waals surface area (Å²) in [6.45, 7) is 10.7. The lowest BCUT2D eigenvalue weighted by atomic mass is 10.3. The molecule has 2 rings (SSSR count). The molecular weight excluding hydrogens is 256 g/mol. The Morgan fingerprint density at radius 2 is 1.40 bits per heavy atom. The molecule has 0 aromatic carbocycles. The molecule has 2 aliphatic heterocycles. The van der Waals surface area contributed by atoms with Gasteiger partial charge < -0.3 is 14.9 Å². The summed E-state index contributed by atoms with van der Waals surface area (Å²) in [6, 6.07) is 0. The minimum Gasteiger partial charge on any atom is -0.480 e. The number of nitrogens with zero attached hydrogens (tertiary/aromatic N) is 4. The third-order valence-electron chi connectivity index (χ3n) is 4.37. The van der Waals surface area contributed by atoms with Gasteiger partial charge in [-0.2, -0.15) is 0 Å². The molecule has 2 fully saturated rings. The van der Waals surface area contributed by atoms with Gasteiger partial charge in [0.25, 0.3) is 0 Å². The van der Waals surface area contributed by atoms with Crippen LogP contribution < -0.4 is 0 Å². The predicted octanol–water partition coefficient (Wildman–Crippen LogP) is -0.674. The maximum absolute atomic E-state index is 10.9. The van der Waals surface area contributed by atoms with Gasteiger partial charge in [-0.15, -0.1) is 0 Å². The first kappa shape index (κ1) is 15.7. The number of likely N-dealkylation sites (N-methyl/N-ethyl adjacent to an activating group) is 1. The minimum atomic E-state index is -0.713. The SMILES string of the molecule is CN1CCN2CCCN(CC(=O)O)CCN(CC1)CC2. The summed E-state index contributed by atoms with van der Waals surface area (Å²) in [5.74, 6) is -0.713. The van der Waals surface area contributed by atoms with Gasteiger partial charge in [0, 0.05) is 58.9 Å². The van der Waals surface area contributed by atoms with Crippen molar-refractivity contribution in [3.05, 3.63) is 0 Å². The number of carboxylic acid groups (broad SMARTS) is 1. The molecule has 1 N–H and O–H groups in total. The normalized spacial score (nSPS) is 31.2. The Kier molecular flexibility index (Phi) is 6.22. The number of aliphatic carboxylic acids is 1. The number of hydrogen-bond donors (Lipinski definition) is 1. The lowest BCUT2D eigenvalue weighted by molar-refractivity contribution is -0.138. The molecule has 0 radical (unpaired) electrons. The fourth-order valence-electron chi connectivity index (χ4n) is 2.95. The third kappa shape index (κ3) is 5.36. The van der Waals surface area contributed by atoms with Crippen molar-refractivity contribution >= 4 is 5.97 Å². The lowest BCUT2D eigenvalue weighted by Crippen LogP contribution is -2.44.